The first-order valence-corrected chi connectivity index (χ1v) is 18.0. The molecular formula is C31H41N5O12S2. The summed E-state index contributed by atoms with van der Waals surface area (Å²) in [6.07, 6.45) is 1.63. The number of carbonyl (C=O) groups is 4. The number of hydrogen-bond acceptors (Lipinski definition) is 14. The highest BCUT2D eigenvalue weighted by atomic mass is 32.2. The van der Waals surface area contributed by atoms with E-state index in [0.29, 0.717) is 87.9 Å². The molecule has 0 bridgehead atoms. The molecule has 0 spiro atoms. The summed E-state index contributed by atoms with van der Waals surface area (Å²) in [5.41, 5.74) is -0.668. The Morgan fingerprint density at radius 2 is 1.60 bits per heavy atom. The van der Waals surface area contributed by atoms with Gasteiger partial charge in [-0.25, -0.2) is 22.9 Å². The number of aryl methyl sites for hydroxylation is 1. The number of nitrogens with zero attached hydrogens (tertiary/aromatic N) is 1. The lowest BCUT2D eigenvalue weighted by molar-refractivity contribution is -0.121. The Hall–Kier alpha value is -4.27. The molecule has 0 aliphatic rings. The van der Waals surface area contributed by atoms with Crippen LogP contribution in [0.4, 0.5) is 5.13 Å². The lowest BCUT2D eigenvalue weighted by atomic mass is 10.1. The van der Waals surface area contributed by atoms with Crippen LogP contribution in [-0.4, -0.2) is 103 Å². The van der Waals surface area contributed by atoms with Gasteiger partial charge in [0.15, 0.2) is 16.4 Å². The molecule has 0 unspecified atom stereocenters. The largest absolute Gasteiger partial charge is 0.486 e. The second-order valence-corrected chi connectivity index (χ2v) is 13.4. The minimum Gasteiger partial charge on any atom is -0.486 e. The van der Waals surface area contributed by atoms with Gasteiger partial charge in [0, 0.05) is 62.5 Å². The van der Waals surface area contributed by atoms with Gasteiger partial charge < -0.3 is 39.3 Å². The first kappa shape index (κ1) is 40.2. The molecule has 2 heterocycles. The summed E-state index contributed by atoms with van der Waals surface area (Å²) in [6.45, 7) is 5.50. The van der Waals surface area contributed by atoms with E-state index in [1.807, 2.05) is 0 Å². The maximum atomic E-state index is 12.5. The molecule has 3 rings (SSSR count). The Labute approximate surface area is 292 Å². The first-order chi connectivity index (χ1) is 24.0. The Bertz CT molecular complexity index is 1760. The van der Waals surface area contributed by atoms with Crippen molar-refractivity contribution in [3.05, 3.63) is 45.1 Å². The van der Waals surface area contributed by atoms with E-state index < -0.39 is 21.6 Å². The molecule has 2 aromatic heterocycles. The van der Waals surface area contributed by atoms with Crippen LogP contribution < -0.4 is 31.0 Å². The Balaban J connectivity index is 1.14. The van der Waals surface area contributed by atoms with Gasteiger partial charge in [0.1, 0.15) is 23.5 Å². The van der Waals surface area contributed by atoms with Crippen LogP contribution in [0.25, 0.3) is 11.0 Å². The van der Waals surface area contributed by atoms with Gasteiger partial charge >= 0.3 is 5.63 Å². The van der Waals surface area contributed by atoms with Crippen LogP contribution in [0.5, 0.6) is 5.75 Å². The van der Waals surface area contributed by atoms with Gasteiger partial charge in [-0.15, -0.1) is 11.3 Å². The number of thiazole rings is 1. The van der Waals surface area contributed by atoms with E-state index in [2.05, 4.69) is 25.7 Å². The van der Waals surface area contributed by atoms with Crippen molar-refractivity contribution in [3.63, 3.8) is 0 Å². The molecule has 17 nitrogen and oxygen atoms in total. The fourth-order valence-corrected chi connectivity index (χ4v) is 6.54. The van der Waals surface area contributed by atoms with Crippen LogP contribution in [0.2, 0.25) is 0 Å². The summed E-state index contributed by atoms with van der Waals surface area (Å²) in [5.74, 6) is -0.865. The minimum atomic E-state index is -3.93. The van der Waals surface area contributed by atoms with Gasteiger partial charge in [-0.2, -0.15) is 0 Å². The maximum absolute atomic E-state index is 12.5. The van der Waals surface area contributed by atoms with E-state index in [9.17, 15) is 32.4 Å². The van der Waals surface area contributed by atoms with Crippen molar-refractivity contribution in [2.24, 2.45) is 0 Å². The number of sulfonamides is 1. The van der Waals surface area contributed by atoms with Crippen molar-refractivity contribution in [2.45, 2.75) is 38.1 Å². The number of aromatic nitrogens is 1. The van der Waals surface area contributed by atoms with Crippen molar-refractivity contribution >= 4 is 61.5 Å². The number of anilines is 1. The molecule has 0 aliphatic carbocycles. The molecule has 3 amide bonds. The molecule has 0 saturated carbocycles. The Kier molecular flexibility index (Phi) is 16.9. The highest BCUT2D eigenvalue weighted by Crippen LogP contribution is 2.25. The zero-order valence-electron chi connectivity index (χ0n) is 27.7. The number of fused-ring (bicyclic) bond motifs is 1. The summed E-state index contributed by atoms with van der Waals surface area (Å²) >= 11 is 1.04. The number of benzene rings is 1. The predicted molar refractivity (Wildman–Crippen MR) is 182 cm³/mol. The standard InChI is InChI=1S/C31H41N5O12S2/c1-21-29(36-31(49-21)35-22(2)38)50(42,43)34-10-7-27(39)32-8-3-12-44-15-17-46-18-16-45-13-4-9-33-28(40)25-19-23-5-6-24(47-14-11-37)20-26(23)48-30(25)41/h5-6,11,19-20,34H,3-4,7-10,12-18H2,1-2H3,(H,32,39)(H,33,40)(H,35,36,38). The average Bonchev–Trinajstić information content (AvgIpc) is 3.44. The van der Waals surface area contributed by atoms with Crippen molar-refractivity contribution in [1.82, 2.24) is 20.3 Å². The summed E-state index contributed by atoms with van der Waals surface area (Å²) in [7, 11) is -3.93. The average molecular weight is 740 g/mol. The van der Waals surface area contributed by atoms with Crippen LogP contribution in [0, 0.1) is 6.92 Å². The van der Waals surface area contributed by atoms with Crippen LogP contribution >= 0.6 is 11.3 Å². The Morgan fingerprint density at radius 1 is 0.940 bits per heavy atom. The third kappa shape index (κ3) is 13.9. The zero-order chi connectivity index (χ0) is 36.4. The second-order valence-electron chi connectivity index (χ2n) is 10.5. The smallest absolute Gasteiger partial charge is 0.349 e. The molecule has 1 aromatic carbocycles. The van der Waals surface area contributed by atoms with Crippen molar-refractivity contribution in [1.29, 1.82) is 0 Å². The second kappa shape index (κ2) is 21.1. The third-order valence-electron chi connectivity index (χ3n) is 6.49. The van der Waals surface area contributed by atoms with E-state index in [4.69, 9.17) is 23.4 Å². The van der Waals surface area contributed by atoms with Crippen LogP contribution in [0.3, 0.4) is 0 Å². The van der Waals surface area contributed by atoms with Crippen LogP contribution in [0.15, 0.2) is 38.5 Å². The quantitative estimate of drug-likeness (QED) is 0.0575. The molecule has 19 heteroatoms. The van der Waals surface area contributed by atoms with Gasteiger partial charge in [0.25, 0.3) is 15.9 Å². The minimum absolute atomic E-state index is 0.0554. The van der Waals surface area contributed by atoms with E-state index in [1.165, 1.54) is 19.1 Å². The fraction of sp³-hybridized carbons (Fsp3) is 0.484. The highest BCUT2D eigenvalue weighted by Gasteiger charge is 2.22. The van der Waals surface area contributed by atoms with Gasteiger partial charge in [0.05, 0.1) is 26.4 Å². The summed E-state index contributed by atoms with van der Waals surface area (Å²) in [6, 6.07) is 6.15. The summed E-state index contributed by atoms with van der Waals surface area (Å²) in [5, 5.41) is 8.35. The van der Waals surface area contributed by atoms with Gasteiger partial charge in [-0.3, -0.25) is 19.2 Å². The topological polar surface area (TPSA) is 231 Å². The highest BCUT2D eigenvalue weighted by molar-refractivity contribution is 7.89. The molecule has 274 valence electrons. The number of hydrogen-bond donors (Lipinski definition) is 4. The number of aldehydes is 1. The number of nitrogens with one attached hydrogen (secondary N) is 4. The van der Waals surface area contributed by atoms with Gasteiger partial charge in [0.2, 0.25) is 11.8 Å². The predicted octanol–water partition coefficient (Wildman–Crippen LogP) is 1.14. The molecule has 50 heavy (non-hydrogen) atoms. The van der Waals surface area contributed by atoms with Crippen LogP contribution in [0.1, 0.15) is 41.4 Å². The molecule has 0 fully saturated rings. The molecule has 4 N–H and O–H groups in total. The summed E-state index contributed by atoms with van der Waals surface area (Å²) in [4.78, 5) is 62.7. The molecule has 0 atom stereocenters. The monoisotopic (exact) mass is 739 g/mol. The normalized spacial score (nSPS) is 11.3. The van der Waals surface area contributed by atoms with Crippen molar-refractivity contribution in [3.8, 4) is 5.75 Å². The number of ether oxygens (including phenoxy) is 4. The SMILES string of the molecule is CC(=O)Nc1nc(S(=O)(=O)NCCC(=O)NCCCOCCOCCOCCCNC(=O)c2cc3ccc(OCC=O)cc3oc2=O)c(C)s1. The lowest BCUT2D eigenvalue weighted by Gasteiger charge is -2.09. The van der Waals surface area contributed by atoms with E-state index in [0.717, 1.165) is 11.3 Å². The van der Waals surface area contributed by atoms with E-state index in [-0.39, 0.29) is 52.7 Å². The van der Waals surface area contributed by atoms with E-state index in [1.54, 1.807) is 19.1 Å². The molecule has 0 radical (unpaired) electrons. The van der Waals surface area contributed by atoms with E-state index >= 15 is 0 Å². The van der Waals surface area contributed by atoms with Gasteiger partial charge in [-0.1, -0.05) is 0 Å². The first-order valence-electron chi connectivity index (χ1n) is 15.7. The Morgan fingerprint density at radius 3 is 2.26 bits per heavy atom. The van der Waals surface area contributed by atoms with Crippen molar-refractivity contribution in [2.75, 3.05) is 71.2 Å². The number of carbonyl (C=O) groups excluding carboxylic acids is 4. The third-order valence-corrected chi connectivity index (χ3v) is 8.99. The van der Waals surface area contributed by atoms with Gasteiger partial charge in [-0.05, 0) is 38.0 Å². The maximum Gasteiger partial charge on any atom is 0.349 e. The summed E-state index contributed by atoms with van der Waals surface area (Å²) < 4.78 is 54.1. The molecule has 0 aliphatic heterocycles. The van der Waals surface area contributed by atoms with Crippen molar-refractivity contribution < 1.29 is 51.0 Å². The molecular weight excluding hydrogens is 698 g/mol. The number of amides is 3. The number of rotatable bonds is 24. The fourth-order valence-electron chi connectivity index (χ4n) is 4.18. The zero-order valence-corrected chi connectivity index (χ0v) is 29.4. The van der Waals surface area contributed by atoms with Crippen LogP contribution in [-0.2, 0) is 38.6 Å². The molecule has 0 saturated heterocycles. The lowest BCUT2D eigenvalue weighted by Crippen LogP contribution is -2.32. The molecule has 3 aromatic rings.